The Morgan fingerprint density at radius 2 is 1.62 bits per heavy atom. The number of aliphatic hydroxyl groups excluding tert-OH is 1. The first-order chi connectivity index (χ1) is 16.1. The molecule has 34 heavy (non-hydrogen) atoms. The van der Waals surface area contributed by atoms with Crippen LogP contribution in [0.4, 0.5) is 4.39 Å². The number of nitrogens with zero attached hydrogens (tertiary/aromatic N) is 1. The Hall–Kier alpha value is -3.73. The van der Waals surface area contributed by atoms with E-state index >= 15 is 0 Å². The van der Waals surface area contributed by atoms with Gasteiger partial charge < -0.3 is 10.0 Å². The summed E-state index contributed by atoms with van der Waals surface area (Å²) in [6.45, 7) is 8.21. The van der Waals surface area contributed by atoms with Crippen molar-refractivity contribution in [2.45, 2.75) is 45.7 Å². The molecule has 1 unspecified atom stereocenters. The van der Waals surface area contributed by atoms with Gasteiger partial charge in [-0.2, -0.15) is 0 Å². The Bertz CT molecular complexity index is 1270. The van der Waals surface area contributed by atoms with Gasteiger partial charge in [0.1, 0.15) is 11.6 Å². The van der Waals surface area contributed by atoms with Crippen molar-refractivity contribution in [3.8, 4) is 0 Å². The van der Waals surface area contributed by atoms with E-state index in [9.17, 15) is 19.1 Å². The predicted octanol–water partition coefficient (Wildman–Crippen LogP) is 6.05. The van der Waals surface area contributed by atoms with Crippen molar-refractivity contribution in [3.05, 3.63) is 112 Å². The third-order valence-corrected chi connectivity index (χ3v) is 6.28. The van der Waals surface area contributed by atoms with Crippen LogP contribution in [0.5, 0.6) is 0 Å². The largest absolute Gasteiger partial charge is 0.507 e. The second-order valence-electron chi connectivity index (χ2n) is 9.74. The number of hydrogen-bond donors (Lipinski definition) is 1. The number of carbonyl (C=O) groups excluding carboxylic acids is 2. The number of amides is 1. The van der Waals surface area contributed by atoms with Crippen molar-refractivity contribution in [2.24, 2.45) is 0 Å². The van der Waals surface area contributed by atoms with Crippen LogP contribution in [0.25, 0.3) is 5.76 Å². The van der Waals surface area contributed by atoms with Crippen LogP contribution in [-0.4, -0.2) is 21.7 Å². The fourth-order valence-corrected chi connectivity index (χ4v) is 4.30. The van der Waals surface area contributed by atoms with E-state index in [0.29, 0.717) is 11.1 Å². The molecular weight excluding hydrogens is 429 g/mol. The van der Waals surface area contributed by atoms with Crippen LogP contribution in [0.1, 0.15) is 54.6 Å². The third kappa shape index (κ3) is 4.38. The van der Waals surface area contributed by atoms with Gasteiger partial charge in [0, 0.05) is 12.1 Å². The van der Waals surface area contributed by atoms with Gasteiger partial charge in [0.2, 0.25) is 0 Å². The first-order valence-corrected chi connectivity index (χ1v) is 11.3. The highest BCUT2D eigenvalue weighted by atomic mass is 19.1. The molecule has 0 radical (unpaired) electrons. The number of hydrogen-bond acceptors (Lipinski definition) is 3. The quantitative estimate of drug-likeness (QED) is 0.295. The van der Waals surface area contributed by atoms with Gasteiger partial charge in [-0.1, -0.05) is 75.4 Å². The summed E-state index contributed by atoms with van der Waals surface area (Å²) in [5, 5.41) is 11.5. The van der Waals surface area contributed by atoms with E-state index in [1.54, 1.807) is 12.1 Å². The van der Waals surface area contributed by atoms with E-state index in [-0.39, 0.29) is 29.1 Å². The lowest BCUT2D eigenvalue weighted by Crippen LogP contribution is -2.29. The van der Waals surface area contributed by atoms with Crippen molar-refractivity contribution in [1.82, 2.24) is 4.90 Å². The Morgan fingerprint density at radius 1 is 0.971 bits per heavy atom. The second kappa shape index (κ2) is 8.90. The summed E-state index contributed by atoms with van der Waals surface area (Å²) in [4.78, 5) is 27.9. The summed E-state index contributed by atoms with van der Waals surface area (Å²) in [6.07, 6.45) is 0. The molecule has 5 heteroatoms. The SMILES string of the molecule is Cc1ccc(C(C)(C)C)cc1/C(O)=C1\C(=O)C(=O)N(Cc2ccc(F)cc2)C1c1ccccc1. The van der Waals surface area contributed by atoms with Gasteiger partial charge in [-0.25, -0.2) is 4.39 Å². The molecule has 1 atom stereocenters. The Morgan fingerprint density at radius 3 is 2.24 bits per heavy atom. The number of halogens is 1. The molecule has 4 rings (SSSR count). The molecule has 1 N–H and O–H groups in total. The number of Topliss-reactive ketones (excluding diaryl/α,β-unsaturated/α-hetero) is 1. The number of ketones is 1. The minimum absolute atomic E-state index is 0.0625. The van der Waals surface area contributed by atoms with Crippen molar-refractivity contribution >= 4 is 17.4 Å². The lowest BCUT2D eigenvalue weighted by molar-refractivity contribution is -0.140. The summed E-state index contributed by atoms with van der Waals surface area (Å²) in [6, 6.07) is 20.1. The van der Waals surface area contributed by atoms with E-state index in [4.69, 9.17) is 0 Å². The normalized spacial score (nSPS) is 17.9. The fourth-order valence-electron chi connectivity index (χ4n) is 4.30. The second-order valence-corrected chi connectivity index (χ2v) is 9.74. The highest BCUT2D eigenvalue weighted by Gasteiger charge is 2.46. The molecule has 4 nitrogen and oxygen atoms in total. The van der Waals surface area contributed by atoms with Crippen LogP contribution >= 0.6 is 0 Å². The fraction of sp³-hybridized carbons (Fsp3) is 0.241. The van der Waals surface area contributed by atoms with Gasteiger partial charge in [-0.3, -0.25) is 9.59 Å². The van der Waals surface area contributed by atoms with Crippen LogP contribution < -0.4 is 0 Å². The number of carbonyl (C=O) groups is 2. The van der Waals surface area contributed by atoms with Gasteiger partial charge in [-0.15, -0.1) is 0 Å². The Kier molecular flexibility index (Phi) is 6.13. The Balaban J connectivity index is 1.88. The highest BCUT2D eigenvalue weighted by Crippen LogP contribution is 2.41. The van der Waals surface area contributed by atoms with Crippen molar-refractivity contribution in [1.29, 1.82) is 0 Å². The number of likely N-dealkylation sites (tertiary alicyclic amines) is 1. The number of rotatable bonds is 4. The summed E-state index contributed by atoms with van der Waals surface area (Å²) >= 11 is 0. The maximum absolute atomic E-state index is 13.4. The van der Waals surface area contributed by atoms with Crippen LogP contribution in [0.2, 0.25) is 0 Å². The average Bonchev–Trinajstić information content (AvgIpc) is 3.05. The predicted molar refractivity (Wildman–Crippen MR) is 131 cm³/mol. The van der Waals surface area contributed by atoms with E-state index in [1.165, 1.54) is 17.0 Å². The van der Waals surface area contributed by atoms with E-state index < -0.39 is 17.7 Å². The van der Waals surface area contributed by atoms with Crippen LogP contribution in [0, 0.1) is 12.7 Å². The molecule has 174 valence electrons. The highest BCUT2D eigenvalue weighted by molar-refractivity contribution is 6.46. The number of benzene rings is 3. The minimum Gasteiger partial charge on any atom is -0.507 e. The zero-order valence-electron chi connectivity index (χ0n) is 19.8. The molecule has 0 aromatic heterocycles. The molecule has 0 spiro atoms. The Labute approximate surface area is 199 Å². The van der Waals surface area contributed by atoms with Gasteiger partial charge in [0.25, 0.3) is 11.7 Å². The molecule has 0 bridgehead atoms. The molecule has 1 aliphatic heterocycles. The van der Waals surface area contributed by atoms with Gasteiger partial charge in [-0.05, 0) is 52.8 Å². The first-order valence-electron chi connectivity index (χ1n) is 11.3. The average molecular weight is 458 g/mol. The standard InChI is InChI=1S/C29H28FNO3/c1-18-10-13-21(29(2,3)4)16-23(18)26(32)24-25(20-8-6-5-7-9-20)31(28(34)27(24)33)17-19-11-14-22(30)15-12-19/h5-16,25,32H,17H2,1-4H3/b26-24+. The van der Waals surface area contributed by atoms with Gasteiger partial charge in [0.15, 0.2) is 0 Å². The summed E-state index contributed by atoms with van der Waals surface area (Å²) in [7, 11) is 0. The number of aryl methyl sites for hydroxylation is 1. The van der Waals surface area contributed by atoms with E-state index in [1.807, 2.05) is 55.5 Å². The maximum atomic E-state index is 13.4. The third-order valence-electron chi connectivity index (χ3n) is 6.28. The van der Waals surface area contributed by atoms with Gasteiger partial charge in [0.05, 0.1) is 11.6 Å². The maximum Gasteiger partial charge on any atom is 0.295 e. The van der Waals surface area contributed by atoms with Crippen LogP contribution in [-0.2, 0) is 21.5 Å². The van der Waals surface area contributed by atoms with Gasteiger partial charge >= 0.3 is 0 Å². The summed E-state index contributed by atoms with van der Waals surface area (Å²) in [5.41, 5.74) is 3.67. The van der Waals surface area contributed by atoms with Crippen LogP contribution in [0.15, 0.2) is 78.4 Å². The van der Waals surface area contributed by atoms with E-state index in [2.05, 4.69) is 20.8 Å². The molecule has 3 aromatic carbocycles. The van der Waals surface area contributed by atoms with Crippen molar-refractivity contribution in [3.63, 3.8) is 0 Å². The molecular formula is C29H28FNO3. The zero-order chi connectivity index (χ0) is 24.6. The summed E-state index contributed by atoms with van der Waals surface area (Å²) < 4.78 is 13.4. The molecule has 1 fully saturated rings. The monoisotopic (exact) mass is 457 g/mol. The van der Waals surface area contributed by atoms with E-state index in [0.717, 1.165) is 16.7 Å². The lowest BCUT2D eigenvalue weighted by Gasteiger charge is -2.26. The zero-order valence-corrected chi connectivity index (χ0v) is 19.8. The molecule has 1 heterocycles. The molecule has 1 amide bonds. The molecule has 0 saturated carbocycles. The van der Waals surface area contributed by atoms with Crippen molar-refractivity contribution in [2.75, 3.05) is 0 Å². The smallest absolute Gasteiger partial charge is 0.295 e. The minimum atomic E-state index is -0.760. The summed E-state index contributed by atoms with van der Waals surface area (Å²) in [5.74, 6) is -1.98. The molecule has 0 aliphatic carbocycles. The topological polar surface area (TPSA) is 57.6 Å². The molecule has 1 aliphatic rings. The van der Waals surface area contributed by atoms with Crippen molar-refractivity contribution < 1.29 is 19.1 Å². The van der Waals surface area contributed by atoms with Crippen LogP contribution in [0.3, 0.4) is 0 Å². The lowest BCUT2D eigenvalue weighted by atomic mass is 9.84. The molecule has 3 aromatic rings. The number of aliphatic hydroxyl groups is 1. The molecule has 1 saturated heterocycles. The first kappa shape index (κ1) is 23.4.